The fourth-order valence-corrected chi connectivity index (χ4v) is 2.84. The van der Waals surface area contributed by atoms with E-state index >= 15 is 0 Å². The first-order valence-electron chi connectivity index (χ1n) is 7.44. The minimum absolute atomic E-state index is 0.161. The molecule has 4 nitrogen and oxygen atoms in total. The van der Waals surface area contributed by atoms with E-state index in [2.05, 4.69) is 58.7 Å². The summed E-state index contributed by atoms with van der Waals surface area (Å²) in [5, 5.41) is 8.11. The van der Waals surface area contributed by atoms with Crippen LogP contribution in [0.15, 0.2) is 10.7 Å². The Bertz CT molecular complexity index is 404. The molecule has 20 heavy (non-hydrogen) atoms. The van der Waals surface area contributed by atoms with Gasteiger partial charge < -0.3 is 10.1 Å². The van der Waals surface area contributed by atoms with Crippen LogP contribution >= 0.6 is 15.9 Å². The number of aromatic nitrogens is 2. The van der Waals surface area contributed by atoms with Crippen LogP contribution in [0, 0.1) is 0 Å². The molecular weight excluding hydrogens is 318 g/mol. The highest BCUT2D eigenvalue weighted by Gasteiger charge is 2.27. The van der Waals surface area contributed by atoms with E-state index in [1.165, 1.54) is 5.69 Å². The molecule has 0 fully saturated rings. The molecule has 0 saturated heterocycles. The van der Waals surface area contributed by atoms with Crippen LogP contribution in [0.4, 0.5) is 0 Å². The Kier molecular flexibility index (Phi) is 7.20. The van der Waals surface area contributed by atoms with Crippen LogP contribution in [0.1, 0.15) is 58.7 Å². The van der Waals surface area contributed by atoms with Crippen molar-refractivity contribution >= 4 is 15.9 Å². The molecule has 1 aromatic rings. The summed E-state index contributed by atoms with van der Waals surface area (Å²) < 4.78 is 8.78. The number of hydrogen-bond donors (Lipinski definition) is 1. The second-order valence-electron chi connectivity index (χ2n) is 5.78. The second kappa shape index (κ2) is 8.15. The Labute approximate surface area is 131 Å². The predicted molar refractivity (Wildman–Crippen MR) is 87.0 cm³/mol. The second-order valence-corrected chi connectivity index (χ2v) is 6.63. The molecule has 1 atom stereocenters. The third-order valence-corrected chi connectivity index (χ3v) is 4.10. The van der Waals surface area contributed by atoms with Gasteiger partial charge in [0.2, 0.25) is 0 Å². The van der Waals surface area contributed by atoms with Crippen LogP contribution in [0.25, 0.3) is 0 Å². The highest BCUT2D eigenvalue weighted by Crippen LogP contribution is 2.31. The van der Waals surface area contributed by atoms with E-state index in [0.717, 1.165) is 36.8 Å². The van der Waals surface area contributed by atoms with Gasteiger partial charge in [0, 0.05) is 13.7 Å². The molecule has 1 rings (SSSR count). The van der Waals surface area contributed by atoms with Gasteiger partial charge in [0.05, 0.1) is 28.0 Å². The quantitative estimate of drug-likeness (QED) is 0.737. The van der Waals surface area contributed by atoms with Crippen molar-refractivity contribution in [3.05, 3.63) is 16.4 Å². The van der Waals surface area contributed by atoms with Crippen molar-refractivity contribution in [3.63, 3.8) is 0 Å². The van der Waals surface area contributed by atoms with Gasteiger partial charge in [-0.2, -0.15) is 5.10 Å². The van der Waals surface area contributed by atoms with E-state index in [-0.39, 0.29) is 11.6 Å². The van der Waals surface area contributed by atoms with Gasteiger partial charge in [0.25, 0.3) is 0 Å². The van der Waals surface area contributed by atoms with Gasteiger partial charge in [-0.15, -0.1) is 0 Å². The number of methoxy groups -OCH3 is 1. The molecule has 116 valence electrons. The lowest BCUT2D eigenvalue weighted by molar-refractivity contribution is 0.00606. The summed E-state index contributed by atoms with van der Waals surface area (Å²) >= 11 is 3.64. The summed E-state index contributed by atoms with van der Waals surface area (Å²) in [7, 11) is 1.77. The van der Waals surface area contributed by atoms with Crippen molar-refractivity contribution in [1.29, 1.82) is 0 Å². The summed E-state index contributed by atoms with van der Waals surface area (Å²) in [6.45, 7) is 10.5. The van der Waals surface area contributed by atoms with Gasteiger partial charge in [-0.05, 0) is 55.6 Å². The van der Waals surface area contributed by atoms with Crippen molar-refractivity contribution in [2.75, 3.05) is 13.7 Å². The highest BCUT2D eigenvalue weighted by molar-refractivity contribution is 9.10. The van der Waals surface area contributed by atoms with Crippen LogP contribution in [-0.2, 0) is 11.3 Å². The van der Waals surface area contributed by atoms with E-state index in [9.17, 15) is 0 Å². The molecule has 0 bridgehead atoms. The van der Waals surface area contributed by atoms with Gasteiger partial charge in [-0.1, -0.05) is 13.8 Å². The zero-order valence-corrected chi connectivity index (χ0v) is 15.0. The normalized spacial score (nSPS) is 13.7. The van der Waals surface area contributed by atoms with E-state index in [4.69, 9.17) is 4.74 Å². The lowest BCUT2D eigenvalue weighted by Crippen LogP contribution is -2.34. The lowest BCUT2D eigenvalue weighted by atomic mass is 9.96. The first-order chi connectivity index (χ1) is 9.45. The molecule has 1 unspecified atom stereocenters. The molecule has 0 amide bonds. The van der Waals surface area contributed by atoms with Crippen molar-refractivity contribution in [2.45, 2.75) is 65.1 Å². The summed E-state index contributed by atoms with van der Waals surface area (Å²) in [5.41, 5.74) is 1.07. The predicted octanol–water partition coefficient (Wildman–Crippen LogP) is 3.91. The monoisotopic (exact) mass is 345 g/mol. The van der Waals surface area contributed by atoms with Crippen LogP contribution in [-0.4, -0.2) is 29.0 Å². The molecule has 0 spiro atoms. The zero-order chi connectivity index (χ0) is 15.2. The van der Waals surface area contributed by atoms with Gasteiger partial charge in [-0.3, -0.25) is 4.68 Å². The van der Waals surface area contributed by atoms with E-state index in [1.54, 1.807) is 7.11 Å². The van der Waals surface area contributed by atoms with Crippen molar-refractivity contribution in [3.8, 4) is 0 Å². The number of aryl methyl sites for hydroxylation is 1. The highest BCUT2D eigenvalue weighted by atomic mass is 79.9. The maximum atomic E-state index is 5.60. The summed E-state index contributed by atoms with van der Waals surface area (Å²) in [6, 6.07) is 0.244. The van der Waals surface area contributed by atoms with E-state index in [1.807, 2.05) is 6.20 Å². The van der Waals surface area contributed by atoms with Gasteiger partial charge in [-0.25, -0.2) is 0 Å². The Morgan fingerprint density at radius 1 is 1.40 bits per heavy atom. The maximum absolute atomic E-state index is 5.60. The average molecular weight is 346 g/mol. The van der Waals surface area contributed by atoms with Gasteiger partial charge in [0.15, 0.2) is 0 Å². The maximum Gasteiger partial charge on any atom is 0.0696 e. The molecule has 0 aliphatic heterocycles. The topological polar surface area (TPSA) is 39.1 Å². The molecule has 0 aromatic carbocycles. The fraction of sp³-hybridized carbons (Fsp3) is 0.800. The van der Waals surface area contributed by atoms with E-state index < -0.39 is 0 Å². The number of rotatable bonds is 9. The molecule has 1 aromatic heterocycles. The number of ether oxygens (including phenoxy) is 1. The Balaban J connectivity index is 3.00. The van der Waals surface area contributed by atoms with E-state index in [0.29, 0.717) is 0 Å². The summed E-state index contributed by atoms with van der Waals surface area (Å²) in [4.78, 5) is 0. The summed E-state index contributed by atoms with van der Waals surface area (Å²) in [6.07, 6.45) is 5.00. The SMILES string of the molecule is CCCNC(CC(C)(C)OC)c1c(Br)cnn1CCC. The molecule has 0 aliphatic rings. The van der Waals surface area contributed by atoms with Gasteiger partial charge >= 0.3 is 0 Å². The standard InChI is InChI=1S/C15H28BrN3O/c1-6-8-17-13(10-15(3,4)20-5)14-12(16)11-18-19(14)9-7-2/h11,13,17H,6-10H2,1-5H3. The van der Waals surface area contributed by atoms with Crippen molar-refractivity contribution < 1.29 is 4.74 Å². The number of hydrogen-bond acceptors (Lipinski definition) is 3. The molecular formula is C15H28BrN3O. The minimum atomic E-state index is -0.161. The molecule has 0 aliphatic carbocycles. The molecule has 0 radical (unpaired) electrons. The Morgan fingerprint density at radius 2 is 2.10 bits per heavy atom. The van der Waals surface area contributed by atoms with Crippen LogP contribution in [0.3, 0.4) is 0 Å². The zero-order valence-electron chi connectivity index (χ0n) is 13.4. The lowest BCUT2D eigenvalue weighted by Gasteiger charge is -2.30. The van der Waals surface area contributed by atoms with Crippen molar-refractivity contribution in [2.24, 2.45) is 0 Å². The molecule has 1 N–H and O–H groups in total. The van der Waals surface area contributed by atoms with Crippen LogP contribution in [0.5, 0.6) is 0 Å². The van der Waals surface area contributed by atoms with Crippen molar-refractivity contribution in [1.82, 2.24) is 15.1 Å². The number of halogens is 1. The summed E-state index contributed by atoms with van der Waals surface area (Å²) in [5.74, 6) is 0. The number of nitrogens with one attached hydrogen (secondary N) is 1. The van der Waals surface area contributed by atoms with Gasteiger partial charge in [0.1, 0.15) is 0 Å². The molecule has 1 heterocycles. The molecule has 5 heteroatoms. The third kappa shape index (κ3) is 4.86. The first-order valence-corrected chi connectivity index (χ1v) is 8.24. The molecule has 0 saturated carbocycles. The van der Waals surface area contributed by atoms with Crippen LogP contribution < -0.4 is 5.32 Å². The van der Waals surface area contributed by atoms with Crippen LogP contribution in [0.2, 0.25) is 0 Å². The third-order valence-electron chi connectivity index (χ3n) is 3.49. The Hall–Kier alpha value is -0.390. The smallest absolute Gasteiger partial charge is 0.0696 e. The Morgan fingerprint density at radius 3 is 2.65 bits per heavy atom. The largest absolute Gasteiger partial charge is 0.379 e. The number of nitrogens with zero attached hydrogens (tertiary/aromatic N) is 2. The minimum Gasteiger partial charge on any atom is -0.379 e. The first kappa shape index (κ1) is 17.7. The fourth-order valence-electron chi connectivity index (χ4n) is 2.27. The average Bonchev–Trinajstić information content (AvgIpc) is 2.76.